The van der Waals surface area contributed by atoms with Crippen molar-refractivity contribution in [3.8, 4) is 0 Å². The summed E-state index contributed by atoms with van der Waals surface area (Å²) >= 11 is 11.7. The Morgan fingerprint density at radius 1 is 1.25 bits per heavy atom. The highest BCUT2D eigenvalue weighted by Crippen LogP contribution is 2.24. The summed E-state index contributed by atoms with van der Waals surface area (Å²) in [5.41, 5.74) is 6.61. The molecule has 1 rings (SSSR count). The van der Waals surface area contributed by atoms with E-state index in [2.05, 4.69) is 0 Å². The standard InChI is InChI=1S/C10H13Cl2NO2S/c1-16(14,15)3-2-10(13)7-4-8(11)6-9(12)5-7/h4-6,10H,2-3,13H2,1H3. The van der Waals surface area contributed by atoms with E-state index in [4.69, 9.17) is 28.9 Å². The van der Waals surface area contributed by atoms with Crippen LogP contribution in [0, 0.1) is 0 Å². The molecule has 0 aliphatic carbocycles. The van der Waals surface area contributed by atoms with Crippen LogP contribution in [0.3, 0.4) is 0 Å². The quantitative estimate of drug-likeness (QED) is 0.922. The van der Waals surface area contributed by atoms with Crippen LogP contribution < -0.4 is 5.73 Å². The van der Waals surface area contributed by atoms with E-state index >= 15 is 0 Å². The van der Waals surface area contributed by atoms with Gasteiger partial charge in [0, 0.05) is 22.3 Å². The normalized spacial score (nSPS) is 13.8. The molecular formula is C10H13Cl2NO2S. The Hall–Kier alpha value is -0.290. The van der Waals surface area contributed by atoms with Crippen molar-refractivity contribution in [3.05, 3.63) is 33.8 Å². The molecule has 0 saturated heterocycles. The highest BCUT2D eigenvalue weighted by atomic mass is 35.5. The highest BCUT2D eigenvalue weighted by molar-refractivity contribution is 7.90. The molecule has 0 radical (unpaired) electrons. The molecule has 1 atom stereocenters. The molecule has 0 fully saturated rings. The molecular weight excluding hydrogens is 269 g/mol. The fourth-order valence-electron chi connectivity index (χ4n) is 1.30. The minimum atomic E-state index is -2.99. The van der Waals surface area contributed by atoms with Crippen LogP contribution in [0.5, 0.6) is 0 Å². The molecule has 1 aromatic carbocycles. The first-order valence-electron chi connectivity index (χ1n) is 4.67. The van der Waals surface area contributed by atoms with E-state index in [0.29, 0.717) is 16.5 Å². The molecule has 0 aromatic heterocycles. The van der Waals surface area contributed by atoms with Crippen molar-refractivity contribution < 1.29 is 8.42 Å². The lowest BCUT2D eigenvalue weighted by Gasteiger charge is -2.12. The molecule has 0 aliphatic heterocycles. The average Bonchev–Trinajstić information content (AvgIpc) is 2.11. The van der Waals surface area contributed by atoms with Crippen molar-refractivity contribution in [1.82, 2.24) is 0 Å². The van der Waals surface area contributed by atoms with E-state index < -0.39 is 9.84 Å². The maximum Gasteiger partial charge on any atom is 0.147 e. The maximum absolute atomic E-state index is 11.0. The number of hydrogen-bond acceptors (Lipinski definition) is 3. The molecule has 0 amide bonds. The molecule has 2 N–H and O–H groups in total. The lowest BCUT2D eigenvalue weighted by atomic mass is 10.1. The Kier molecular flexibility index (Phi) is 4.62. The number of nitrogens with two attached hydrogens (primary N) is 1. The third-order valence-corrected chi connectivity index (χ3v) is 3.53. The molecule has 16 heavy (non-hydrogen) atoms. The first kappa shape index (κ1) is 13.8. The topological polar surface area (TPSA) is 60.2 Å². The molecule has 6 heteroatoms. The monoisotopic (exact) mass is 281 g/mol. The smallest absolute Gasteiger partial charge is 0.147 e. The van der Waals surface area contributed by atoms with E-state index in [-0.39, 0.29) is 11.8 Å². The summed E-state index contributed by atoms with van der Waals surface area (Å²) < 4.78 is 22.0. The second kappa shape index (κ2) is 5.36. The van der Waals surface area contributed by atoms with Gasteiger partial charge in [-0.05, 0) is 30.2 Å². The van der Waals surface area contributed by atoms with Gasteiger partial charge in [-0.15, -0.1) is 0 Å². The van der Waals surface area contributed by atoms with Crippen molar-refractivity contribution in [2.75, 3.05) is 12.0 Å². The number of hydrogen-bond donors (Lipinski definition) is 1. The van der Waals surface area contributed by atoms with Crippen molar-refractivity contribution in [3.63, 3.8) is 0 Å². The molecule has 0 saturated carbocycles. The molecule has 1 unspecified atom stereocenters. The Labute approximate surface area is 105 Å². The Morgan fingerprint density at radius 3 is 2.19 bits per heavy atom. The number of sulfone groups is 1. The van der Waals surface area contributed by atoms with Crippen LogP contribution in [0.15, 0.2) is 18.2 Å². The van der Waals surface area contributed by atoms with Crippen LogP contribution in [0.4, 0.5) is 0 Å². The predicted molar refractivity (Wildman–Crippen MR) is 67.7 cm³/mol. The highest BCUT2D eigenvalue weighted by Gasteiger charge is 2.11. The van der Waals surface area contributed by atoms with Crippen molar-refractivity contribution in [2.24, 2.45) is 5.73 Å². The summed E-state index contributed by atoms with van der Waals surface area (Å²) in [6.07, 6.45) is 1.54. The second-order valence-corrected chi connectivity index (χ2v) is 6.86. The Morgan fingerprint density at radius 2 is 1.75 bits per heavy atom. The summed E-state index contributed by atoms with van der Waals surface area (Å²) in [6, 6.07) is 4.63. The number of benzene rings is 1. The second-order valence-electron chi connectivity index (χ2n) is 3.73. The third-order valence-electron chi connectivity index (χ3n) is 2.11. The van der Waals surface area contributed by atoms with Gasteiger partial charge in [-0.3, -0.25) is 0 Å². The largest absolute Gasteiger partial charge is 0.324 e. The van der Waals surface area contributed by atoms with Crippen molar-refractivity contribution in [1.29, 1.82) is 0 Å². The van der Waals surface area contributed by atoms with Crippen LogP contribution in [-0.2, 0) is 9.84 Å². The third kappa shape index (κ3) is 4.70. The van der Waals surface area contributed by atoms with Gasteiger partial charge in [0.15, 0.2) is 0 Å². The van der Waals surface area contributed by atoms with Crippen molar-refractivity contribution >= 4 is 33.0 Å². The molecule has 0 bridgehead atoms. The predicted octanol–water partition coefficient (Wildman–Crippen LogP) is 2.43. The molecule has 1 aromatic rings. The zero-order chi connectivity index (χ0) is 12.3. The SMILES string of the molecule is CS(=O)(=O)CCC(N)c1cc(Cl)cc(Cl)c1. The molecule has 0 heterocycles. The Bertz CT molecular complexity index is 453. The minimum absolute atomic E-state index is 0.0539. The van der Waals surface area contributed by atoms with Gasteiger partial charge in [-0.1, -0.05) is 23.2 Å². The van der Waals surface area contributed by atoms with E-state index in [0.717, 1.165) is 5.56 Å². The Balaban J connectivity index is 2.76. The summed E-state index contributed by atoms with van der Waals surface area (Å²) in [5.74, 6) is 0.0539. The lowest BCUT2D eigenvalue weighted by Crippen LogP contribution is -2.15. The van der Waals surface area contributed by atoms with Gasteiger partial charge in [0.1, 0.15) is 9.84 Å². The summed E-state index contributed by atoms with van der Waals surface area (Å²) in [5, 5.41) is 0.995. The first-order chi connectivity index (χ1) is 7.28. The zero-order valence-electron chi connectivity index (χ0n) is 8.78. The van der Waals surface area contributed by atoms with Crippen LogP contribution >= 0.6 is 23.2 Å². The first-order valence-corrected chi connectivity index (χ1v) is 7.49. The van der Waals surface area contributed by atoms with Crippen molar-refractivity contribution in [2.45, 2.75) is 12.5 Å². The summed E-state index contributed by atoms with van der Waals surface area (Å²) in [6.45, 7) is 0. The van der Waals surface area contributed by atoms with Crippen LogP contribution in [0.1, 0.15) is 18.0 Å². The molecule has 90 valence electrons. The molecule has 3 nitrogen and oxygen atoms in total. The summed E-state index contributed by atoms with van der Waals surface area (Å²) in [7, 11) is -2.99. The summed E-state index contributed by atoms with van der Waals surface area (Å²) in [4.78, 5) is 0. The molecule has 0 aliphatic rings. The van der Waals surface area contributed by atoms with Gasteiger partial charge in [0.05, 0.1) is 5.75 Å². The number of halogens is 2. The maximum atomic E-state index is 11.0. The van der Waals surface area contributed by atoms with Gasteiger partial charge in [0.25, 0.3) is 0 Å². The van der Waals surface area contributed by atoms with Gasteiger partial charge in [0.2, 0.25) is 0 Å². The van der Waals surface area contributed by atoms with E-state index in [9.17, 15) is 8.42 Å². The molecule has 0 spiro atoms. The van der Waals surface area contributed by atoms with Gasteiger partial charge in [-0.25, -0.2) is 8.42 Å². The average molecular weight is 282 g/mol. The van der Waals surface area contributed by atoms with Crippen LogP contribution in [0.2, 0.25) is 10.0 Å². The van der Waals surface area contributed by atoms with E-state index in [1.807, 2.05) is 0 Å². The number of rotatable bonds is 4. The minimum Gasteiger partial charge on any atom is -0.324 e. The van der Waals surface area contributed by atoms with Gasteiger partial charge < -0.3 is 5.73 Å². The lowest BCUT2D eigenvalue weighted by molar-refractivity contribution is 0.592. The van der Waals surface area contributed by atoms with Gasteiger partial charge in [-0.2, -0.15) is 0 Å². The van der Waals surface area contributed by atoms with Crippen LogP contribution in [0.25, 0.3) is 0 Å². The fraction of sp³-hybridized carbons (Fsp3) is 0.400. The van der Waals surface area contributed by atoms with E-state index in [1.165, 1.54) is 6.26 Å². The van der Waals surface area contributed by atoms with E-state index in [1.54, 1.807) is 18.2 Å². The fourth-order valence-corrected chi connectivity index (χ4v) is 2.52. The van der Waals surface area contributed by atoms with Gasteiger partial charge >= 0.3 is 0 Å². The van der Waals surface area contributed by atoms with Crippen LogP contribution in [-0.4, -0.2) is 20.4 Å². The zero-order valence-corrected chi connectivity index (χ0v) is 11.1.